The fourth-order valence-corrected chi connectivity index (χ4v) is 4.27. The van der Waals surface area contributed by atoms with E-state index in [1.807, 2.05) is 0 Å². The Balaban J connectivity index is 1.89. The minimum absolute atomic E-state index is 0.142. The molecule has 2 unspecified atom stereocenters. The maximum absolute atomic E-state index is 6.08. The number of nitrogens with zero attached hydrogens (tertiary/aromatic N) is 1. The number of ether oxygens (including phenoxy) is 1. The predicted molar refractivity (Wildman–Crippen MR) is 56.0 cm³/mol. The van der Waals surface area contributed by atoms with Crippen molar-refractivity contribution in [1.82, 2.24) is 4.90 Å². The topological polar surface area (TPSA) is 12.5 Å². The first-order chi connectivity index (χ1) is 6.73. The van der Waals surface area contributed by atoms with Gasteiger partial charge in [-0.3, -0.25) is 4.90 Å². The van der Waals surface area contributed by atoms with E-state index >= 15 is 0 Å². The van der Waals surface area contributed by atoms with E-state index in [2.05, 4.69) is 18.9 Å². The predicted octanol–water partition coefficient (Wildman–Crippen LogP) is 2.24. The molecule has 2 aliphatic carbocycles. The number of hydrogen-bond acceptors (Lipinski definition) is 2. The molecule has 14 heavy (non-hydrogen) atoms. The van der Waals surface area contributed by atoms with Crippen molar-refractivity contribution in [2.45, 2.75) is 50.8 Å². The van der Waals surface area contributed by atoms with E-state index in [1.54, 1.807) is 0 Å². The fraction of sp³-hybridized carbons (Fsp3) is 1.00. The zero-order chi connectivity index (χ0) is 9.76. The van der Waals surface area contributed by atoms with Crippen LogP contribution < -0.4 is 0 Å². The second-order valence-electron chi connectivity index (χ2n) is 5.49. The molecule has 0 N–H and O–H groups in total. The number of piperidine rings is 2. The van der Waals surface area contributed by atoms with Crippen LogP contribution in [0.15, 0.2) is 0 Å². The fourth-order valence-electron chi connectivity index (χ4n) is 4.27. The van der Waals surface area contributed by atoms with Gasteiger partial charge in [0.1, 0.15) is 5.72 Å². The summed E-state index contributed by atoms with van der Waals surface area (Å²) >= 11 is 0. The second-order valence-corrected chi connectivity index (χ2v) is 5.49. The first kappa shape index (κ1) is 9.17. The van der Waals surface area contributed by atoms with E-state index < -0.39 is 0 Å². The molecule has 2 atom stereocenters. The van der Waals surface area contributed by atoms with E-state index in [0.717, 1.165) is 24.5 Å². The maximum Gasteiger partial charge on any atom is 0.122 e. The highest BCUT2D eigenvalue weighted by molar-refractivity contribution is 5.04. The Hall–Kier alpha value is -0.0800. The average Bonchev–Trinajstić information content (AvgIpc) is 2.13. The van der Waals surface area contributed by atoms with Gasteiger partial charge in [-0.2, -0.15) is 0 Å². The summed E-state index contributed by atoms with van der Waals surface area (Å²) in [4.78, 5) is 2.54. The van der Waals surface area contributed by atoms with Gasteiger partial charge in [-0.15, -0.1) is 0 Å². The summed E-state index contributed by atoms with van der Waals surface area (Å²) in [6.45, 7) is 3.00. The Bertz CT molecular complexity index is 226. The lowest BCUT2D eigenvalue weighted by Crippen LogP contribution is -2.65. The second kappa shape index (κ2) is 2.96. The van der Waals surface area contributed by atoms with Crippen LogP contribution in [0, 0.1) is 11.8 Å². The van der Waals surface area contributed by atoms with Crippen molar-refractivity contribution in [2.24, 2.45) is 11.8 Å². The molecule has 0 aromatic rings. The molecule has 4 fully saturated rings. The summed E-state index contributed by atoms with van der Waals surface area (Å²) in [6, 6.07) is 0.827. The Morgan fingerprint density at radius 3 is 2.43 bits per heavy atom. The highest BCUT2D eigenvalue weighted by Crippen LogP contribution is 2.54. The van der Waals surface area contributed by atoms with Gasteiger partial charge in [0.15, 0.2) is 0 Å². The smallest absolute Gasteiger partial charge is 0.122 e. The first-order valence-electron chi connectivity index (χ1n) is 6.10. The molecule has 0 spiro atoms. The van der Waals surface area contributed by atoms with Crippen molar-refractivity contribution in [3.8, 4) is 0 Å². The van der Waals surface area contributed by atoms with E-state index in [4.69, 9.17) is 4.74 Å². The molecule has 0 amide bonds. The van der Waals surface area contributed by atoms with Crippen molar-refractivity contribution < 1.29 is 4.74 Å². The van der Waals surface area contributed by atoms with Gasteiger partial charge in [0.05, 0.1) is 0 Å². The maximum atomic E-state index is 6.08. The van der Waals surface area contributed by atoms with Crippen LogP contribution >= 0.6 is 0 Å². The van der Waals surface area contributed by atoms with Crippen molar-refractivity contribution >= 4 is 0 Å². The van der Waals surface area contributed by atoms with Crippen LogP contribution in [-0.4, -0.2) is 30.3 Å². The molecule has 2 heterocycles. The monoisotopic (exact) mass is 195 g/mol. The van der Waals surface area contributed by atoms with E-state index in [9.17, 15) is 0 Å². The molecule has 2 saturated heterocycles. The van der Waals surface area contributed by atoms with Gasteiger partial charge in [-0.25, -0.2) is 0 Å². The summed E-state index contributed by atoms with van der Waals surface area (Å²) < 4.78 is 6.08. The van der Waals surface area contributed by atoms with Gasteiger partial charge in [-0.05, 0) is 57.9 Å². The molecule has 4 aliphatic rings. The van der Waals surface area contributed by atoms with Crippen LogP contribution in [0.5, 0.6) is 0 Å². The molecule has 80 valence electrons. The third-order valence-corrected chi connectivity index (χ3v) is 4.70. The standard InChI is InChI=1S/C12H21NO/c1-3-14-12-7-9-4-10(8-12)6-11(5-9)13(12)2/h9-11H,3-8H2,1-2H3. The molecule has 0 radical (unpaired) electrons. The summed E-state index contributed by atoms with van der Waals surface area (Å²) in [5, 5.41) is 0. The highest BCUT2D eigenvalue weighted by Gasteiger charge is 2.54. The minimum atomic E-state index is 0.142. The molecule has 2 nitrogen and oxygen atoms in total. The quantitative estimate of drug-likeness (QED) is 0.670. The van der Waals surface area contributed by atoms with Crippen LogP contribution in [0.4, 0.5) is 0 Å². The van der Waals surface area contributed by atoms with E-state index in [0.29, 0.717) is 0 Å². The van der Waals surface area contributed by atoms with Gasteiger partial charge < -0.3 is 4.74 Å². The molecule has 0 aromatic carbocycles. The van der Waals surface area contributed by atoms with E-state index in [1.165, 1.54) is 32.1 Å². The van der Waals surface area contributed by atoms with Crippen LogP contribution in [0.25, 0.3) is 0 Å². The van der Waals surface area contributed by atoms with Gasteiger partial charge in [0.25, 0.3) is 0 Å². The van der Waals surface area contributed by atoms with Crippen LogP contribution in [0.3, 0.4) is 0 Å². The van der Waals surface area contributed by atoms with Crippen LogP contribution in [0.2, 0.25) is 0 Å². The Morgan fingerprint density at radius 1 is 1.21 bits per heavy atom. The van der Waals surface area contributed by atoms with Gasteiger partial charge in [-0.1, -0.05) is 0 Å². The van der Waals surface area contributed by atoms with Crippen molar-refractivity contribution in [3.05, 3.63) is 0 Å². The number of rotatable bonds is 2. The van der Waals surface area contributed by atoms with Crippen molar-refractivity contribution in [3.63, 3.8) is 0 Å². The molecule has 4 rings (SSSR count). The number of hydrogen-bond donors (Lipinski definition) is 0. The SMILES string of the molecule is CCOC12CC3CC(CC(C3)N1C)C2. The zero-order valence-electron chi connectivity index (χ0n) is 9.33. The molecule has 4 bridgehead atoms. The largest absolute Gasteiger partial charge is 0.361 e. The van der Waals surface area contributed by atoms with Gasteiger partial charge in [0, 0.05) is 12.6 Å². The Labute approximate surface area is 86.6 Å². The Morgan fingerprint density at radius 2 is 1.86 bits per heavy atom. The zero-order valence-corrected chi connectivity index (χ0v) is 9.33. The lowest BCUT2D eigenvalue weighted by Gasteiger charge is -2.61. The highest BCUT2D eigenvalue weighted by atomic mass is 16.5. The summed E-state index contributed by atoms with van der Waals surface area (Å²) in [5.41, 5.74) is 0.142. The molecule has 2 saturated carbocycles. The third-order valence-electron chi connectivity index (χ3n) is 4.70. The van der Waals surface area contributed by atoms with Crippen molar-refractivity contribution in [1.29, 1.82) is 0 Å². The minimum Gasteiger partial charge on any atom is -0.361 e. The molecular weight excluding hydrogens is 174 g/mol. The molecule has 2 aliphatic heterocycles. The van der Waals surface area contributed by atoms with Gasteiger partial charge in [0.2, 0.25) is 0 Å². The van der Waals surface area contributed by atoms with Gasteiger partial charge >= 0.3 is 0 Å². The summed E-state index contributed by atoms with van der Waals surface area (Å²) in [5.74, 6) is 1.94. The molecule has 0 aromatic heterocycles. The van der Waals surface area contributed by atoms with E-state index in [-0.39, 0.29) is 5.72 Å². The first-order valence-corrected chi connectivity index (χ1v) is 6.10. The van der Waals surface area contributed by atoms with Crippen LogP contribution in [0.1, 0.15) is 39.0 Å². The third kappa shape index (κ3) is 1.10. The lowest BCUT2D eigenvalue weighted by molar-refractivity contribution is -0.247. The lowest BCUT2D eigenvalue weighted by atomic mass is 9.62. The molecular formula is C12H21NO. The summed E-state index contributed by atoms with van der Waals surface area (Å²) in [7, 11) is 2.28. The Kier molecular flexibility index (Phi) is 1.94. The molecule has 2 heteroatoms. The summed E-state index contributed by atoms with van der Waals surface area (Å²) in [6.07, 6.45) is 6.94. The van der Waals surface area contributed by atoms with Crippen molar-refractivity contribution in [2.75, 3.05) is 13.7 Å². The van der Waals surface area contributed by atoms with Crippen LogP contribution in [-0.2, 0) is 4.74 Å². The normalized spacial score (nSPS) is 51.4. The average molecular weight is 195 g/mol.